The van der Waals surface area contributed by atoms with Crippen molar-refractivity contribution in [3.05, 3.63) is 38.7 Å². The molecular formula is C14H16Cl2N4O2S. The van der Waals surface area contributed by atoms with Gasteiger partial charge in [-0.25, -0.2) is 9.89 Å². The summed E-state index contributed by atoms with van der Waals surface area (Å²) >= 11 is 13.1. The second-order valence-electron chi connectivity index (χ2n) is 4.84. The van der Waals surface area contributed by atoms with E-state index in [0.29, 0.717) is 27.4 Å². The number of aromatic nitrogens is 3. The van der Waals surface area contributed by atoms with Crippen LogP contribution in [0, 0.1) is 0 Å². The number of rotatable bonds is 6. The molecule has 0 bridgehead atoms. The number of anilines is 1. The predicted octanol–water partition coefficient (Wildman–Crippen LogP) is 3.41. The molecule has 2 N–H and O–H groups in total. The molecule has 0 saturated carbocycles. The average Bonchev–Trinajstić information content (AvgIpc) is 2.83. The molecule has 6 nitrogen and oxygen atoms in total. The van der Waals surface area contributed by atoms with Crippen LogP contribution in [-0.2, 0) is 11.3 Å². The Labute approximate surface area is 147 Å². The maximum absolute atomic E-state index is 12.3. The second-order valence-corrected chi connectivity index (χ2v) is 6.99. The number of halogens is 2. The van der Waals surface area contributed by atoms with Gasteiger partial charge in [0, 0.05) is 11.6 Å². The maximum Gasteiger partial charge on any atom is 0.343 e. The molecule has 0 spiro atoms. The molecule has 2 rings (SSSR count). The molecule has 0 radical (unpaired) electrons. The van der Waals surface area contributed by atoms with Gasteiger partial charge in [0.1, 0.15) is 0 Å². The zero-order valence-corrected chi connectivity index (χ0v) is 14.9. The highest BCUT2D eigenvalue weighted by Crippen LogP contribution is 2.27. The summed E-state index contributed by atoms with van der Waals surface area (Å²) in [5, 5.41) is 10.00. The first kappa shape index (κ1) is 17.9. The van der Waals surface area contributed by atoms with Gasteiger partial charge in [-0.05, 0) is 31.5 Å². The smallest absolute Gasteiger partial charge is 0.324 e. The van der Waals surface area contributed by atoms with E-state index in [4.69, 9.17) is 23.2 Å². The minimum atomic E-state index is -0.451. The number of hydrogen-bond acceptors (Lipinski definition) is 4. The van der Waals surface area contributed by atoms with Crippen molar-refractivity contribution in [1.29, 1.82) is 0 Å². The van der Waals surface area contributed by atoms with Crippen LogP contribution in [0.25, 0.3) is 0 Å². The first-order chi connectivity index (χ1) is 10.9. The van der Waals surface area contributed by atoms with Crippen molar-refractivity contribution < 1.29 is 4.79 Å². The molecule has 1 aromatic carbocycles. The van der Waals surface area contributed by atoms with Crippen molar-refractivity contribution >= 4 is 46.6 Å². The lowest BCUT2D eigenvalue weighted by Gasteiger charge is -2.13. The van der Waals surface area contributed by atoms with Crippen molar-refractivity contribution in [2.45, 2.75) is 37.2 Å². The minimum absolute atomic E-state index is 0.238. The lowest BCUT2D eigenvalue weighted by molar-refractivity contribution is -0.115. The highest BCUT2D eigenvalue weighted by molar-refractivity contribution is 8.00. The first-order valence-corrected chi connectivity index (χ1v) is 8.63. The zero-order valence-electron chi connectivity index (χ0n) is 12.6. The third kappa shape index (κ3) is 4.53. The van der Waals surface area contributed by atoms with E-state index in [-0.39, 0.29) is 11.6 Å². The van der Waals surface area contributed by atoms with E-state index in [9.17, 15) is 9.59 Å². The van der Waals surface area contributed by atoms with E-state index in [1.807, 2.05) is 6.92 Å². The number of carbonyl (C=O) groups is 1. The molecule has 0 aliphatic heterocycles. The monoisotopic (exact) mass is 374 g/mol. The Balaban J connectivity index is 2.07. The van der Waals surface area contributed by atoms with E-state index in [2.05, 4.69) is 15.5 Å². The lowest BCUT2D eigenvalue weighted by Crippen LogP contribution is -2.24. The molecule has 1 atom stereocenters. The number of benzene rings is 1. The van der Waals surface area contributed by atoms with E-state index in [0.717, 1.165) is 6.42 Å². The van der Waals surface area contributed by atoms with Crippen LogP contribution in [0.5, 0.6) is 0 Å². The van der Waals surface area contributed by atoms with Crippen LogP contribution in [0.3, 0.4) is 0 Å². The van der Waals surface area contributed by atoms with Crippen molar-refractivity contribution in [1.82, 2.24) is 14.8 Å². The number of carbonyl (C=O) groups excluding carboxylic acids is 1. The molecule has 0 aliphatic carbocycles. The average molecular weight is 375 g/mol. The Kier molecular flexibility index (Phi) is 6.15. The Morgan fingerprint density at radius 2 is 2.22 bits per heavy atom. The highest BCUT2D eigenvalue weighted by atomic mass is 35.5. The molecule has 1 amide bonds. The number of aromatic amines is 1. The van der Waals surface area contributed by atoms with Crippen LogP contribution in [0.4, 0.5) is 5.69 Å². The largest absolute Gasteiger partial charge is 0.343 e. The van der Waals surface area contributed by atoms with Crippen LogP contribution >= 0.6 is 35.0 Å². The Hall–Kier alpha value is -1.44. The van der Waals surface area contributed by atoms with E-state index in [1.54, 1.807) is 25.1 Å². The first-order valence-electron chi connectivity index (χ1n) is 7.00. The quantitative estimate of drug-likeness (QED) is 0.759. The fourth-order valence-electron chi connectivity index (χ4n) is 1.85. The van der Waals surface area contributed by atoms with Gasteiger partial charge in [-0.3, -0.25) is 9.36 Å². The summed E-state index contributed by atoms with van der Waals surface area (Å²) in [6, 6.07) is 4.85. The molecule has 1 aromatic heterocycles. The summed E-state index contributed by atoms with van der Waals surface area (Å²) in [5.41, 5.74) is 0.212. The van der Waals surface area contributed by atoms with Gasteiger partial charge >= 0.3 is 5.69 Å². The summed E-state index contributed by atoms with van der Waals surface area (Å²) in [5.74, 6) is -0.238. The number of thioether (sulfide) groups is 1. The van der Waals surface area contributed by atoms with Gasteiger partial charge in [0.25, 0.3) is 0 Å². The van der Waals surface area contributed by atoms with E-state index >= 15 is 0 Å². The van der Waals surface area contributed by atoms with Gasteiger partial charge < -0.3 is 5.32 Å². The highest BCUT2D eigenvalue weighted by Gasteiger charge is 2.19. The summed E-state index contributed by atoms with van der Waals surface area (Å²) in [4.78, 5) is 23.9. The zero-order chi connectivity index (χ0) is 17.0. The second kappa shape index (κ2) is 7.90. The third-order valence-electron chi connectivity index (χ3n) is 3.01. The SMILES string of the molecule is CCCn1c(S[C@@H](C)C(=O)Nc2ccc(Cl)cc2Cl)n[nH]c1=O. The van der Waals surface area contributed by atoms with E-state index in [1.165, 1.54) is 16.3 Å². The van der Waals surface area contributed by atoms with Gasteiger partial charge in [-0.2, -0.15) is 0 Å². The molecule has 9 heteroatoms. The number of hydrogen-bond donors (Lipinski definition) is 2. The van der Waals surface area contributed by atoms with Gasteiger partial charge in [0.2, 0.25) is 5.91 Å². The summed E-state index contributed by atoms with van der Waals surface area (Å²) in [6.07, 6.45) is 0.800. The Morgan fingerprint density at radius 1 is 1.48 bits per heavy atom. The van der Waals surface area contributed by atoms with Crippen LogP contribution in [0.15, 0.2) is 28.2 Å². The van der Waals surface area contributed by atoms with Gasteiger partial charge in [0.15, 0.2) is 5.16 Å². The normalized spacial score (nSPS) is 12.2. The van der Waals surface area contributed by atoms with Crippen molar-refractivity contribution in [2.75, 3.05) is 5.32 Å². The summed E-state index contributed by atoms with van der Waals surface area (Å²) < 4.78 is 1.52. The fraction of sp³-hybridized carbons (Fsp3) is 0.357. The molecular weight excluding hydrogens is 359 g/mol. The summed E-state index contributed by atoms with van der Waals surface area (Å²) in [6.45, 7) is 4.25. The predicted molar refractivity (Wildman–Crippen MR) is 93.5 cm³/mol. The van der Waals surface area contributed by atoms with Crippen molar-refractivity contribution in [3.63, 3.8) is 0 Å². The van der Waals surface area contributed by atoms with Crippen molar-refractivity contribution in [2.24, 2.45) is 0 Å². The Bertz CT molecular complexity index is 759. The number of nitrogens with zero attached hydrogens (tertiary/aromatic N) is 2. The molecule has 0 unspecified atom stereocenters. The molecule has 0 fully saturated rings. The third-order valence-corrected chi connectivity index (χ3v) is 4.65. The molecule has 1 heterocycles. The molecule has 2 aromatic rings. The van der Waals surface area contributed by atoms with Gasteiger partial charge in [-0.15, -0.1) is 5.10 Å². The lowest BCUT2D eigenvalue weighted by atomic mass is 10.3. The Morgan fingerprint density at radius 3 is 2.87 bits per heavy atom. The topological polar surface area (TPSA) is 79.8 Å². The van der Waals surface area contributed by atoms with E-state index < -0.39 is 5.25 Å². The number of nitrogens with one attached hydrogen (secondary N) is 2. The number of H-pyrrole nitrogens is 1. The number of amides is 1. The van der Waals surface area contributed by atoms with Gasteiger partial charge in [0.05, 0.1) is 16.0 Å². The van der Waals surface area contributed by atoms with Crippen LogP contribution in [0.2, 0.25) is 10.0 Å². The fourth-order valence-corrected chi connectivity index (χ4v) is 3.19. The summed E-state index contributed by atoms with van der Waals surface area (Å²) in [7, 11) is 0. The van der Waals surface area contributed by atoms with Crippen LogP contribution in [0.1, 0.15) is 20.3 Å². The van der Waals surface area contributed by atoms with Gasteiger partial charge in [-0.1, -0.05) is 41.9 Å². The van der Waals surface area contributed by atoms with Crippen molar-refractivity contribution in [3.8, 4) is 0 Å². The standard InChI is InChI=1S/C14H16Cl2N4O2S/c1-3-6-20-13(22)18-19-14(20)23-8(2)12(21)17-11-5-4-9(15)7-10(11)16/h4-5,7-8H,3,6H2,1-2H3,(H,17,21)(H,18,22)/t8-/m0/s1. The molecule has 23 heavy (non-hydrogen) atoms. The maximum atomic E-state index is 12.3. The molecule has 124 valence electrons. The minimum Gasteiger partial charge on any atom is -0.324 e. The molecule has 0 saturated heterocycles. The molecule has 0 aliphatic rings. The van der Waals surface area contributed by atoms with Crippen LogP contribution < -0.4 is 11.0 Å². The van der Waals surface area contributed by atoms with Crippen LogP contribution in [-0.4, -0.2) is 25.9 Å².